The van der Waals surface area contributed by atoms with Crippen LogP contribution in [0.3, 0.4) is 0 Å². The number of aliphatic hydroxyl groups is 1. The number of hydrogen-bond donors (Lipinski definition) is 1. The molecule has 168 valence electrons. The van der Waals surface area contributed by atoms with Gasteiger partial charge in [-0.25, -0.2) is 0 Å². The molecule has 0 radical (unpaired) electrons. The first-order valence-corrected chi connectivity index (χ1v) is 13.0. The van der Waals surface area contributed by atoms with Gasteiger partial charge in [-0.05, 0) is 124 Å². The molecule has 31 heavy (non-hydrogen) atoms. The Hall–Kier alpha value is -1.34. The van der Waals surface area contributed by atoms with Crippen molar-refractivity contribution in [3.63, 3.8) is 0 Å². The van der Waals surface area contributed by atoms with Crippen LogP contribution in [0, 0.1) is 64.1 Å². The maximum Gasteiger partial charge on any atom is 0.102 e. The van der Waals surface area contributed by atoms with E-state index < -0.39 is 5.60 Å². The van der Waals surface area contributed by atoms with Crippen molar-refractivity contribution in [3.05, 3.63) is 18.0 Å². The van der Waals surface area contributed by atoms with Gasteiger partial charge >= 0.3 is 0 Å². The molecule has 0 saturated heterocycles. The molecule has 0 aliphatic heterocycles. The quantitative estimate of drug-likeness (QED) is 0.710. The van der Waals surface area contributed by atoms with Gasteiger partial charge < -0.3 is 5.11 Å². The van der Waals surface area contributed by atoms with Crippen molar-refractivity contribution >= 4 is 0 Å². The Labute approximate surface area is 187 Å². The molecule has 6 rings (SSSR count). The second kappa shape index (κ2) is 7.08. The van der Waals surface area contributed by atoms with Gasteiger partial charge in [-0.1, -0.05) is 6.92 Å². The minimum atomic E-state index is -0.404. The normalized spacial score (nSPS) is 50.8. The Kier molecular flexibility index (Phi) is 4.63. The molecule has 5 aliphatic rings. The maximum atomic E-state index is 10.6. The average Bonchev–Trinajstić information content (AvgIpc) is 3.16. The number of nitrogens with zero attached hydrogens (tertiary/aromatic N) is 3. The molecule has 1 aromatic heterocycles. The third kappa shape index (κ3) is 3.29. The van der Waals surface area contributed by atoms with Crippen LogP contribution in [0.25, 0.3) is 0 Å². The fourth-order valence-corrected chi connectivity index (χ4v) is 9.56. The Balaban J connectivity index is 1.14. The highest BCUT2D eigenvalue weighted by Crippen LogP contribution is 2.68. The molecule has 0 aromatic carbocycles. The van der Waals surface area contributed by atoms with Crippen LogP contribution in [0.4, 0.5) is 0 Å². The van der Waals surface area contributed by atoms with E-state index in [1.54, 1.807) is 6.20 Å². The van der Waals surface area contributed by atoms with Crippen molar-refractivity contribution < 1.29 is 5.11 Å². The van der Waals surface area contributed by atoms with Crippen LogP contribution in [0.2, 0.25) is 0 Å². The molecule has 0 bridgehead atoms. The Bertz CT molecular complexity index is 883. The molecular formula is C27H39N3O. The highest BCUT2D eigenvalue weighted by atomic mass is 16.3. The van der Waals surface area contributed by atoms with Gasteiger partial charge in [0.2, 0.25) is 0 Å². The summed E-state index contributed by atoms with van der Waals surface area (Å²) in [6.45, 7) is 5.74. The lowest BCUT2D eigenvalue weighted by Crippen LogP contribution is -2.50. The highest BCUT2D eigenvalue weighted by molar-refractivity contribution is 5.21. The van der Waals surface area contributed by atoms with Crippen LogP contribution in [0.15, 0.2) is 12.4 Å². The SMILES string of the molecule is C[C@@]1(O)CC[C@H]2[C@H](CC[C@@H]3[C@@H]2CC[C@]2(C)[C@@H]([C@@H]4C[C@H]4Cn4cc(C#N)cn4)CC[C@@H]32)C1. The number of rotatable bonds is 3. The molecular weight excluding hydrogens is 382 g/mol. The number of aromatic nitrogens is 2. The van der Waals surface area contributed by atoms with Crippen LogP contribution in [-0.2, 0) is 6.54 Å². The summed E-state index contributed by atoms with van der Waals surface area (Å²) in [5.74, 6) is 7.06. The molecule has 0 unspecified atom stereocenters. The molecule has 5 aliphatic carbocycles. The van der Waals surface area contributed by atoms with Crippen LogP contribution >= 0.6 is 0 Å². The summed E-state index contributed by atoms with van der Waals surface area (Å²) in [6.07, 6.45) is 16.9. The maximum absolute atomic E-state index is 10.6. The van der Waals surface area contributed by atoms with Crippen LogP contribution in [0.5, 0.6) is 0 Å². The molecule has 4 nitrogen and oxygen atoms in total. The number of fused-ring (bicyclic) bond motifs is 5. The van der Waals surface area contributed by atoms with Gasteiger partial charge in [0.25, 0.3) is 0 Å². The molecule has 5 fully saturated rings. The zero-order valence-corrected chi connectivity index (χ0v) is 19.3. The van der Waals surface area contributed by atoms with Gasteiger partial charge in [-0.15, -0.1) is 0 Å². The predicted octanol–water partition coefficient (Wildman–Crippen LogP) is 5.41. The lowest BCUT2D eigenvalue weighted by molar-refractivity contribution is -0.101. The molecule has 0 amide bonds. The van der Waals surface area contributed by atoms with Crippen LogP contribution in [0.1, 0.15) is 83.6 Å². The van der Waals surface area contributed by atoms with Crippen molar-refractivity contribution in [2.45, 2.75) is 90.2 Å². The number of hydrogen-bond acceptors (Lipinski definition) is 3. The van der Waals surface area contributed by atoms with E-state index in [0.29, 0.717) is 11.0 Å². The third-order valence-electron chi connectivity index (χ3n) is 11.0. The van der Waals surface area contributed by atoms with Crippen molar-refractivity contribution in [2.75, 3.05) is 0 Å². The predicted molar refractivity (Wildman–Crippen MR) is 120 cm³/mol. The van der Waals surface area contributed by atoms with Crippen molar-refractivity contribution in [2.24, 2.45) is 52.8 Å². The topological polar surface area (TPSA) is 61.8 Å². The van der Waals surface area contributed by atoms with E-state index >= 15 is 0 Å². The monoisotopic (exact) mass is 421 g/mol. The average molecular weight is 422 g/mol. The van der Waals surface area contributed by atoms with Crippen LogP contribution < -0.4 is 0 Å². The van der Waals surface area contributed by atoms with E-state index in [-0.39, 0.29) is 0 Å². The summed E-state index contributed by atoms with van der Waals surface area (Å²) in [5, 5.41) is 24.1. The third-order valence-corrected chi connectivity index (χ3v) is 11.0. The van der Waals surface area contributed by atoms with E-state index in [1.165, 1.54) is 51.4 Å². The van der Waals surface area contributed by atoms with Crippen molar-refractivity contribution in [1.82, 2.24) is 9.78 Å². The fraction of sp³-hybridized carbons (Fsp3) is 0.852. The minimum Gasteiger partial charge on any atom is -0.390 e. The lowest BCUT2D eigenvalue weighted by Gasteiger charge is -2.57. The Morgan fingerprint density at radius 2 is 1.81 bits per heavy atom. The first kappa shape index (κ1) is 20.3. The fourth-order valence-electron chi connectivity index (χ4n) is 9.56. The van der Waals surface area contributed by atoms with Gasteiger partial charge in [0.1, 0.15) is 6.07 Å². The largest absolute Gasteiger partial charge is 0.390 e. The molecule has 4 heteroatoms. The van der Waals surface area contributed by atoms with E-state index in [9.17, 15) is 5.11 Å². The zero-order chi connectivity index (χ0) is 21.4. The molecule has 1 N–H and O–H groups in total. The van der Waals surface area contributed by atoms with E-state index in [2.05, 4.69) is 25.0 Å². The van der Waals surface area contributed by atoms with E-state index in [1.807, 2.05) is 10.9 Å². The summed E-state index contributed by atoms with van der Waals surface area (Å²) in [6, 6.07) is 2.20. The summed E-state index contributed by atoms with van der Waals surface area (Å²) >= 11 is 0. The zero-order valence-electron chi connectivity index (χ0n) is 19.3. The molecule has 0 spiro atoms. The standard InChI is InChI=1S/C27H39N3O/c1-26(31)9-7-20-18(12-26)3-4-22-21(20)8-10-27(2)24(22)5-6-25(27)23-11-19(23)16-30-15-17(13-28)14-29-30/h14-15,18-25,31H,3-12,16H2,1-2H3/t18-,19+,20+,21-,22-,23-,24+,25-,26-,27+/m1/s1. The van der Waals surface area contributed by atoms with Crippen molar-refractivity contribution in [1.29, 1.82) is 5.26 Å². The van der Waals surface area contributed by atoms with Gasteiger partial charge in [-0.3, -0.25) is 4.68 Å². The minimum absolute atomic E-state index is 0.404. The smallest absolute Gasteiger partial charge is 0.102 e. The van der Waals surface area contributed by atoms with E-state index in [4.69, 9.17) is 5.26 Å². The first-order chi connectivity index (χ1) is 14.9. The van der Waals surface area contributed by atoms with Gasteiger partial charge in [0, 0.05) is 12.7 Å². The Morgan fingerprint density at radius 1 is 1.03 bits per heavy atom. The molecule has 1 aromatic rings. The molecule has 5 saturated carbocycles. The van der Waals surface area contributed by atoms with Gasteiger partial charge in [0.15, 0.2) is 0 Å². The summed E-state index contributed by atoms with van der Waals surface area (Å²) in [4.78, 5) is 0. The number of nitriles is 1. The summed E-state index contributed by atoms with van der Waals surface area (Å²) < 4.78 is 2.01. The van der Waals surface area contributed by atoms with E-state index in [0.717, 1.165) is 66.7 Å². The second-order valence-corrected chi connectivity index (χ2v) is 12.6. The van der Waals surface area contributed by atoms with Gasteiger partial charge in [-0.2, -0.15) is 10.4 Å². The lowest BCUT2D eigenvalue weighted by atomic mass is 9.49. The summed E-state index contributed by atoms with van der Waals surface area (Å²) in [7, 11) is 0. The van der Waals surface area contributed by atoms with Crippen LogP contribution in [-0.4, -0.2) is 20.5 Å². The Morgan fingerprint density at radius 3 is 2.58 bits per heavy atom. The molecule has 1 heterocycles. The second-order valence-electron chi connectivity index (χ2n) is 12.6. The molecule has 10 atom stereocenters. The summed E-state index contributed by atoms with van der Waals surface area (Å²) in [5.41, 5.74) is 0.831. The van der Waals surface area contributed by atoms with Gasteiger partial charge in [0.05, 0.1) is 17.4 Å². The highest BCUT2D eigenvalue weighted by Gasteiger charge is 2.61. The van der Waals surface area contributed by atoms with Crippen molar-refractivity contribution in [3.8, 4) is 6.07 Å². The first-order valence-electron chi connectivity index (χ1n) is 13.0.